The van der Waals surface area contributed by atoms with Gasteiger partial charge in [-0.2, -0.15) is 0 Å². The number of rotatable bonds is 0. The summed E-state index contributed by atoms with van der Waals surface area (Å²) in [6, 6.07) is 8.70. The molecule has 5 rings (SSSR count). The molecule has 5 heteroatoms. The average Bonchev–Trinajstić information content (AvgIpc) is 3.01. The number of aromatic nitrogens is 1. The molecule has 154 valence electrons. The molecule has 3 aliphatic rings. The van der Waals surface area contributed by atoms with E-state index in [-0.39, 0.29) is 18.1 Å². The number of para-hydroxylation sites is 1. The minimum absolute atomic E-state index is 0.181. The summed E-state index contributed by atoms with van der Waals surface area (Å²) in [5.74, 6) is 0.624. The van der Waals surface area contributed by atoms with Gasteiger partial charge in [-0.3, -0.25) is 9.69 Å². The molecule has 2 aromatic rings. The minimum atomic E-state index is -0.545. The molecular formula is C24H30N2O3. The monoisotopic (exact) mass is 394 g/mol. The Labute approximate surface area is 172 Å². The van der Waals surface area contributed by atoms with Crippen LogP contribution in [0.4, 0.5) is 4.79 Å². The van der Waals surface area contributed by atoms with Crippen LogP contribution in [0.15, 0.2) is 24.3 Å². The van der Waals surface area contributed by atoms with Crippen LogP contribution in [0, 0.1) is 5.92 Å². The summed E-state index contributed by atoms with van der Waals surface area (Å²) in [6.07, 6.45) is 5.31. The van der Waals surface area contributed by atoms with Crippen LogP contribution in [0.3, 0.4) is 0 Å². The number of benzene rings is 1. The fraction of sp³-hybridized carbons (Fsp3) is 0.583. The molecule has 3 heterocycles. The highest BCUT2D eigenvalue weighted by molar-refractivity contribution is 5.94. The van der Waals surface area contributed by atoms with Crippen molar-refractivity contribution in [1.29, 1.82) is 0 Å². The van der Waals surface area contributed by atoms with Crippen molar-refractivity contribution in [3.63, 3.8) is 0 Å². The minimum Gasteiger partial charge on any atom is -0.443 e. The summed E-state index contributed by atoms with van der Waals surface area (Å²) in [7, 11) is 0. The number of carbonyl (C=O) groups is 2. The summed E-state index contributed by atoms with van der Waals surface area (Å²) < 4.78 is 7.64. The number of Topliss-reactive ketones (excluding diaryl/α,β-unsaturated/α-hetero) is 1. The first-order chi connectivity index (χ1) is 13.8. The Morgan fingerprint density at radius 2 is 1.90 bits per heavy atom. The van der Waals surface area contributed by atoms with Crippen LogP contribution in [0.1, 0.15) is 70.2 Å². The van der Waals surface area contributed by atoms with Gasteiger partial charge in [-0.15, -0.1) is 0 Å². The molecule has 29 heavy (non-hydrogen) atoms. The summed E-state index contributed by atoms with van der Waals surface area (Å²) in [5, 5.41) is 1.16. The van der Waals surface area contributed by atoms with E-state index in [9.17, 15) is 9.59 Å². The quantitative estimate of drug-likeness (QED) is 0.641. The fourth-order valence-electron chi connectivity index (χ4n) is 5.87. The number of ether oxygens (including phenoxy) is 1. The highest BCUT2D eigenvalue weighted by atomic mass is 16.6. The van der Waals surface area contributed by atoms with E-state index in [1.807, 2.05) is 43.5 Å². The molecule has 0 unspecified atom stereocenters. The molecule has 1 aromatic heterocycles. The number of piperidine rings is 1. The van der Waals surface area contributed by atoms with Gasteiger partial charge in [-0.1, -0.05) is 18.2 Å². The molecule has 2 aliphatic heterocycles. The fourth-order valence-corrected chi connectivity index (χ4v) is 5.87. The SMILES string of the molecule is CC(C)(C)OC(=O)n1c2c(c3ccccc31)CCN1[C@H]2CC[C@H]2C(=O)CCC[C@@H]21. The Morgan fingerprint density at radius 3 is 2.69 bits per heavy atom. The van der Waals surface area contributed by atoms with Crippen molar-refractivity contribution in [3.05, 3.63) is 35.5 Å². The second-order valence-corrected chi connectivity index (χ2v) is 9.81. The number of fused-ring (bicyclic) bond motifs is 7. The standard InChI is InChI=1S/C24H30N2O3/c1-24(2,3)29-23(28)26-19-8-5-4-7-15(19)16-13-14-25-18-9-6-10-21(27)17(18)11-12-20(25)22(16)26/h4-5,7-8,17-18,20H,6,9-14H2,1-3H3/t17-,18+,20+/m1/s1. The second kappa shape index (κ2) is 6.69. The summed E-state index contributed by atoms with van der Waals surface area (Å²) in [5.41, 5.74) is 2.78. The van der Waals surface area contributed by atoms with Gasteiger partial charge in [0.05, 0.1) is 17.3 Å². The van der Waals surface area contributed by atoms with Crippen molar-refractivity contribution in [3.8, 4) is 0 Å². The normalized spacial score (nSPS) is 27.3. The average molecular weight is 395 g/mol. The summed E-state index contributed by atoms with van der Waals surface area (Å²) in [6.45, 7) is 6.70. The van der Waals surface area contributed by atoms with Crippen molar-refractivity contribution >= 4 is 22.8 Å². The van der Waals surface area contributed by atoms with Crippen molar-refractivity contribution < 1.29 is 14.3 Å². The molecule has 1 aliphatic carbocycles. The predicted octanol–water partition coefficient (Wildman–Crippen LogP) is 4.86. The zero-order valence-electron chi connectivity index (χ0n) is 17.6. The van der Waals surface area contributed by atoms with Gasteiger partial charge in [0.15, 0.2) is 0 Å². The van der Waals surface area contributed by atoms with Crippen molar-refractivity contribution in [2.45, 2.75) is 77.0 Å². The molecule has 1 aromatic carbocycles. The maximum absolute atomic E-state index is 13.3. The van der Waals surface area contributed by atoms with Crippen LogP contribution in [0.5, 0.6) is 0 Å². The smallest absolute Gasteiger partial charge is 0.419 e. The molecule has 0 radical (unpaired) electrons. The highest BCUT2D eigenvalue weighted by Crippen LogP contribution is 2.47. The van der Waals surface area contributed by atoms with Gasteiger partial charge in [0.1, 0.15) is 11.4 Å². The molecule has 0 amide bonds. The molecule has 0 spiro atoms. The van der Waals surface area contributed by atoms with E-state index in [2.05, 4.69) is 11.0 Å². The summed E-state index contributed by atoms with van der Waals surface area (Å²) in [4.78, 5) is 28.3. The van der Waals surface area contributed by atoms with Gasteiger partial charge in [0.25, 0.3) is 0 Å². The van der Waals surface area contributed by atoms with E-state index in [1.165, 1.54) is 5.56 Å². The third-order valence-corrected chi connectivity index (χ3v) is 6.91. The Hall–Kier alpha value is -2.14. The number of hydrogen-bond acceptors (Lipinski definition) is 4. The van der Waals surface area contributed by atoms with Gasteiger partial charge >= 0.3 is 6.09 Å². The largest absolute Gasteiger partial charge is 0.443 e. The Morgan fingerprint density at radius 1 is 1.10 bits per heavy atom. The van der Waals surface area contributed by atoms with Crippen LogP contribution in [0.2, 0.25) is 0 Å². The third kappa shape index (κ3) is 3.02. The van der Waals surface area contributed by atoms with Gasteiger partial charge in [-0.05, 0) is 64.5 Å². The number of nitrogens with zero attached hydrogens (tertiary/aromatic N) is 2. The molecule has 5 nitrogen and oxygen atoms in total. The lowest BCUT2D eigenvalue weighted by molar-refractivity contribution is -0.131. The number of carbonyl (C=O) groups excluding carboxylic acids is 2. The molecule has 2 fully saturated rings. The van der Waals surface area contributed by atoms with Crippen LogP contribution in [-0.4, -0.2) is 39.5 Å². The van der Waals surface area contributed by atoms with E-state index in [1.54, 1.807) is 0 Å². The van der Waals surface area contributed by atoms with Crippen LogP contribution >= 0.6 is 0 Å². The number of ketones is 1. The van der Waals surface area contributed by atoms with Crippen molar-refractivity contribution in [2.24, 2.45) is 5.92 Å². The second-order valence-electron chi connectivity index (χ2n) is 9.81. The molecular weight excluding hydrogens is 364 g/mol. The third-order valence-electron chi connectivity index (χ3n) is 6.91. The van der Waals surface area contributed by atoms with Gasteiger partial charge in [0.2, 0.25) is 0 Å². The van der Waals surface area contributed by atoms with Gasteiger partial charge in [-0.25, -0.2) is 9.36 Å². The molecule has 0 N–H and O–H groups in total. The lowest BCUT2D eigenvalue weighted by Gasteiger charge is -2.50. The van der Waals surface area contributed by atoms with Crippen LogP contribution in [0.25, 0.3) is 10.9 Å². The summed E-state index contributed by atoms with van der Waals surface area (Å²) >= 11 is 0. The highest BCUT2D eigenvalue weighted by Gasteiger charge is 2.46. The first kappa shape index (κ1) is 18.9. The lowest BCUT2D eigenvalue weighted by atomic mass is 9.73. The van der Waals surface area contributed by atoms with E-state index >= 15 is 0 Å². The first-order valence-electron chi connectivity index (χ1n) is 11.0. The van der Waals surface area contributed by atoms with Gasteiger partial charge in [0, 0.05) is 30.3 Å². The zero-order valence-corrected chi connectivity index (χ0v) is 17.6. The maximum atomic E-state index is 13.3. The molecule has 1 saturated heterocycles. The Bertz CT molecular complexity index is 984. The van der Waals surface area contributed by atoms with Crippen LogP contribution in [-0.2, 0) is 16.0 Å². The Kier molecular flexibility index (Phi) is 4.35. The Balaban J connectivity index is 1.63. The predicted molar refractivity (Wildman–Crippen MR) is 112 cm³/mol. The van der Waals surface area contributed by atoms with E-state index < -0.39 is 5.60 Å². The number of hydrogen-bond donors (Lipinski definition) is 0. The van der Waals surface area contributed by atoms with Crippen molar-refractivity contribution in [2.75, 3.05) is 6.54 Å². The van der Waals surface area contributed by atoms with Crippen LogP contribution < -0.4 is 0 Å². The lowest BCUT2D eigenvalue weighted by Crippen LogP contribution is -2.53. The van der Waals surface area contributed by atoms with E-state index in [0.717, 1.165) is 61.7 Å². The van der Waals surface area contributed by atoms with E-state index in [0.29, 0.717) is 11.8 Å². The zero-order chi connectivity index (χ0) is 20.3. The van der Waals surface area contributed by atoms with Gasteiger partial charge < -0.3 is 4.74 Å². The topological polar surface area (TPSA) is 51.5 Å². The van der Waals surface area contributed by atoms with Crippen molar-refractivity contribution in [1.82, 2.24) is 9.47 Å². The molecule has 1 saturated carbocycles. The maximum Gasteiger partial charge on any atom is 0.419 e. The molecule has 0 bridgehead atoms. The first-order valence-corrected chi connectivity index (χ1v) is 11.0. The van der Waals surface area contributed by atoms with E-state index in [4.69, 9.17) is 4.74 Å². The molecule has 3 atom stereocenters.